The fourth-order valence-electron chi connectivity index (χ4n) is 5.11. The number of carbonyl (C=O) groups excluding carboxylic acids is 2. The van der Waals surface area contributed by atoms with Gasteiger partial charge < -0.3 is 0 Å². The van der Waals surface area contributed by atoms with E-state index in [0.29, 0.717) is 17.4 Å². The topological polar surface area (TPSA) is 61.2 Å². The summed E-state index contributed by atoms with van der Waals surface area (Å²) in [5, 5.41) is 9.22. The third-order valence-electron chi connectivity index (χ3n) is 6.22. The lowest BCUT2D eigenvalue weighted by Crippen LogP contribution is -2.40. The number of nitriles is 1. The van der Waals surface area contributed by atoms with Gasteiger partial charge in [-0.25, -0.2) is 0 Å². The molecule has 1 aromatic rings. The summed E-state index contributed by atoms with van der Waals surface area (Å²) in [6.07, 6.45) is 5.53. The average Bonchev–Trinajstić information content (AvgIpc) is 3.36. The minimum absolute atomic E-state index is 0.0301. The molecule has 5 aliphatic rings. The van der Waals surface area contributed by atoms with Gasteiger partial charge in [0, 0.05) is 0 Å². The quantitative estimate of drug-likeness (QED) is 0.621. The largest absolute Gasteiger partial charge is 0.278 e. The first-order valence-electron chi connectivity index (χ1n) is 8.22. The van der Waals surface area contributed by atoms with Gasteiger partial charge >= 0.3 is 0 Å². The number of hydrogen-bond acceptors (Lipinski definition) is 3. The van der Waals surface area contributed by atoms with Crippen molar-refractivity contribution in [3.05, 3.63) is 47.5 Å². The number of nitrogens with zero attached hydrogens (tertiary/aromatic N) is 2. The van der Waals surface area contributed by atoms with E-state index in [4.69, 9.17) is 0 Å². The second-order valence-corrected chi connectivity index (χ2v) is 7.19. The maximum absolute atomic E-state index is 12.9. The van der Waals surface area contributed by atoms with E-state index in [2.05, 4.69) is 18.2 Å². The molecule has 2 amide bonds. The second kappa shape index (κ2) is 4.32. The summed E-state index contributed by atoms with van der Waals surface area (Å²) in [4.78, 5) is 27.2. The predicted octanol–water partition coefficient (Wildman–Crippen LogP) is 2.11. The molecule has 0 unspecified atom stereocenters. The molecule has 6 atom stereocenters. The van der Waals surface area contributed by atoms with E-state index in [-0.39, 0.29) is 42.0 Å². The Morgan fingerprint density at radius 3 is 2.26 bits per heavy atom. The van der Waals surface area contributed by atoms with Gasteiger partial charge in [-0.1, -0.05) is 30.4 Å². The van der Waals surface area contributed by atoms with Crippen LogP contribution in [0, 0.1) is 46.8 Å². The third kappa shape index (κ3) is 1.60. The number of hydrogen-bond donors (Lipinski definition) is 0. The smallest absolute Gasteiger partial charge is 0.234 e. The van der Waals surface area contributed by atoms with Crippen LogP contribution < -0.4 is 0 Å². The van der Waals surface area contributed by atoms with Gasteiger partial charge in [-0.15, -0.1) is 0 Å². The second-order valence-electron chi connectivity index (χ2n) is 7.19. The molecule has 4 nitrogen and oxygen atoms in total. The highest BCUT2D eigenvalue weighted by Crippen LogP contribution is 2.65. The third-order valence-corrected chi connectivity index (χ3v) is 6.22. The van der Waals surface area contributed by atoms with E-state index >= 15 is 0 Å². The first-order chi connectivity index (χ1) is 11.2. The van der Waals surface area contributed by atoms with Crippen LogP contribution in [-0.4, -0.2) is 16.7 Å². The molecule has 0 radical (unpaired) electrons. The molecule has 2 saturated carbocycles. The van der Waals surface area contributed by atoms with E-state index < -0.39 is 0 Å². The van der Waals surface area contributed by atoms with Crippen molar-refractivity contribution in [1.82, 2.24) is 4.90 Å². The Morgan fingerprint density at radius 1 is 1.04 bits per heavy atom. The number of rotatable bonds is 2. The van der Waals surface area contributed by atoms with Crippen LogP contribution in [0.2, 0.25) is 0 Å². The average molecular weight is 304 g/mol. The molecule has 0 N–H and O–H groups in total. The summed E-state index contributed by atoms with van der Waals surface area (Å²) in [6, 6.07) is 9.34. The monoisotopic (exact) mass is 304 g/mol. The number of imide groups is 1. The van der Waals surface area contributed by atoms with Crippen molar-refractivity contribution >= 4 is 11.8 Å². The van der Waals surface area contributed by atoms with Gasteiger partial charge in [-0.3, -0.25) is 14.5 Å². The highest BCUT2D eigenvalue weighted by Gasteiger charge is 2.66. The molecule has 1 aromatic carbocycles. The van der Waals surface area contributed by atoms with E-state index in [1.165, 1.54) is 11.3 Å². The van der Waals surface area contributed by atoms with Crippen molar-refractivity contribution in [3.8, 4) is 6.07 Å². The summed E-state index contributed by atoms with van der Waals surface area (Å²) in [5.41, 5.74) is 1.28. The fraction of sp³-hybridized carbons (Fsp3) is 0.421. The van der Waals surface area contributed by atoms with Gasteiger partial charge in [-0.05, 0) is 41.7 Å². The lowest BCUT2D eigenvalue weighted by atomic mass is 9.63. The van der Waals surface area contributed by atoms with E-state index in [1.807, 2.05) is 12.1 Å². The molecule has 1 saturated heterocycles. The van der Waals surface area contributed by atoms with Crippen LogP contribution in [-0.2, 0) is 16.1 Å². The highest BCUT2D eigenvalue weighted by atomic mass is 16.2. The molecule has 23 heavy (non-hydrogen) atoms. The molecular formula is C19H16N2O2. The van der Waals surface area contributed by atoms with Crippen LogP contribution >= 0.6 is 0 Å². The molecule has 1 heterocycles. The Bertz CT molecular complexity index is 770. The summed E-state index contributed by atoms with van der Waals surface area (Å²) >= 11 is 0. The lowest BCUT2D eigenvalue weighted by Gasteiger charge is -2.37. The summed E-state index contributed by atoms with van der Waals surface area (Å²) < 4.78 is 0. The first kappa shape index (κ1) is 13.1. The highest BCUT2D eigenvalue weighted by molar-refractivity contribution is 6.06. The molecule has 4 aliphatic carbocycles. The molecule has 6 rings (SSSR count). The van der Waals surface area contributed by atoms with Crippen LogP contribution in [0.3, 0.4) is 0 Å². The van der Waals surface area contributed by atoms with Gasteiger partial charge in [0.05, 0.1) is 30.0 Å². The number of allylic oxidation sites excluding steroid dienone is 2. The molecule has 1 aliphatic heterocycles. The van der Waals surface area contributed by atoms with Crippen molar-refractivity contribution in [1.29, 1.82) is 5.26 Å². The Kier molecular flexibility index (Phi) is 2.45. The maximum atomic E-state index is 12.9. The molecule has 4 heteroatoms. The zero-order chi connectivity index (χ0) is 15.7. The van der Waals surface area contributed by atoms with Crippen molar-refractivity contribution in [2.45, 2.75) is 13.0 Å². The number of benzene rings is 1. The van der Waals surface area contributed by atoms with Crippen LogP contribution in [0.25, 0.3) is 0 Å². The molecule has 0 aromatic heterocycles. The number of amides is 2. The molecule has 2 bridgehead atoms. The Labute approximate surface area is 134 Å². The van der Waals surface area contributed by atoms with Gasteiger partial charge in [0.15, 0.2) is 0 Å². The van der Waals surface area contributed by atoms with Crippen molar-refractivity contribution in [2.24, 2.45) is 35.5 Å². The molecule has 0 spiro atoms. The fourth-order valence-corrected chi connectivity index (χ4v) is 5.11. The van der Waals surface area contributed by atoms with Crippen LogP contribution in [0.4, 0.5) is 0 Å². The summed E-state index contributed by atoms with van der Waals surface area (Å²) in [7, 11) is 0. The molecular weight excluding hydrogens is 288 g/mol. The van der Waals surface area contributed by atoms with Gasteiger partial charge in [-0.2, -0.15) is 5.26 Å². The SMILES string of the molecule is N#Cc1ccccc1CN1C(=O)[C@@H]2[C@H]3C=C[C@@H]([C@@H]4C[C@@H]34)[C@H]2C1=O. The van der Waals surface area contributed by atoms with Crippen LogP contribution in [0.5, 0.6) is 0 Å². The molecule has 3 fully saturated rings. The van der Waals surface area contributed by atoms with E-state index in [0.717, 1.165) is 5.56 Å². The standard InChI is InChI=1S/C19H16N2O2/c20-8-10-3-1-2-4-11(10)9-21-18(22)16-12-5-6-13(15-7-14(12)15)17(16)19(21)23/h1-6,12-17H,7,9H2/t12-,13-,14-,15-,16+,17+/m0/s1. The minimum Gasteiger partial charge on any atom is -0.278 e. The zero-order valence-electron chi connectivity index (χ0n) is 12.6. The Hall–Kier alpha value is -2.41. The number of likely N-dealkylation sites (tertiary alicyclic amines) is 1. The van der Waals surface area contributed by atoms with E-state index in [9.17, 15) is 14.9 Å². The van der Waals surface area contributed by atoms with Crippen molar-refractivity contribution < 1.29 is 9.59 Å². The van der Waals surface area contributed by atoms with Gasteiger partial charge in [0.25, 0.3) is 0 Å². The zero-order valence-corrected chi connectivity index (χ0v) is 12.6. The first-order valence-corrected chi connectivity index (χ1v) is 8.22. The summed E-state index contributed by atoms with van der Waals surface area (Å²) in [6.45, 7) is 0.225. The van der Waals surface area contributed by atoms with Crippen LogP contribution in [0.1, 0.15) is 17.5 Å². The lowest BCUT2D eigenvalue weighted by molar-refractivity contribution is -0.140. The number of carbonyl (C=O) groups is 2. The molecule has 114 valence electrons. The van der Waals surface area contributed by atoms with Crippen LogP contribution in [0.15, 0.2) is 36.4 Å². The van der Waals surface area contributed by atoms with Crippen molar-refractivity contribution in [3.63, 3.8) is 0 Å². The Morgan fingerprint density at radius 2 is 1.65 bits per heavy atom. The summed E-state index contributed by atoms with van der Waals surface area (Å²) in [5.74, 6) is 1.37. The predicted molar refractivity (Wildman–Crippen MR) is 81.4 cm³/mol. The normalized spacial score (nSPS) is 39.2. The van der Waals surface area contributed by atoms with E-state index in [1.54, 1.807) is 12.1 Å². The van der Waals surface area contributed by atoms with Gasteiger partial charge in [0.1, 0.15) is 0 Å². The van der Waals surface area contributed by atoms with Crippen molar-refractivity contribution in [2.75, 3.05) is 0 Å². The Balaban J connectivity index is 1.49. The van der Waals surface area contributed by atoms with Gasteiger partial charge in [0.2, 0.25) is 11.8 Å². The maximum Gasteiger partial charge on any atom is 0.234 e. The minimum atomic E-state index is -0.157.